The van der Waals surface area contributed by atoms with Crippen molar-refractivity contribution in [2.24, 2.45) is 11.7 Å². The summed E-state index contributed by atoms with van der Waals surface area (Å²) in [6.45, 7) is 1.76. The van der Waals surface area contributed by atoms with Gasteiger partial charge in [-0.3, -0.25) is 9.59 Å². The number of carboxylic acid groups (broad SMARTS) is 1. The van der Waals surface area contributed by atoms with Gasteiger partial charge >= 0.3 is 5.97 Å². The summed E-state index contributed by atoms with van der Waals surface area (Å²) in [7, 11) is 0. The normalized spacial score (nSPS) is 15.8. The van der Waals surface area contributed by atoms with Crippen LogP contribution in [0.2, 0.25) is 0 Å². The second-order valence-electron chi connectivity index (χ2n) is 4.93. The monoisotopic (exact) mass is 263 g/mol. The second-order valence-corrected chi connectivity index (χ2v) is 4.93. The number of hydrogen-bond acceptors (Lipinski definition) is 4. The maximum atomic E-state index is 11.2. The molecule has 1 amide bonds. The number of aryl methyl sites for hydroxylation is 1. The van der Waals surface area contributed by atoms with Crippen molar-refractivity contribution >= 4 is 17.7 Å². The van der Waals surface area contributed by atoms with Crippen molar-refractivity contribution in [2.45, 2.75) is 32.2 Å². The summed E-state index contributed by atoms with van der Waals surface area (Å²) in [5.74, 6) is -0.482. The third-order valence-electron chi connectivity index (χ3n) is 3.16. The number of carboxylic acids is 1. The summed E-state index contributed by atoms with van der Waals surface area (Å²) < 4.78 is 0. The highest BCUT2D eigenvalue weighted by Gasteiger charge is 2.33. The molecule has 1 aliphatic carbocycles. The van der Waals surface area contributed by atoms with E-state index in [4.69, 9.17) is 10.8 Å². The first-order valence-corrected chi connectivity index (χ1v) is 6.22. The molecule has 1 saturated carbocycles. The Hall–Kier alpha value is -2.11. The first kappa shape index (κ1) is 13.3. The number of rotatable bonds is 6. The smallest absolute Gasteiger partial charge is 0.305 e. The Bertz CT molecular complexity index is 512. The van der Waals surface area contributed by atoms with Gasteiger partial charge in [0, 0.05) is 17.3 Å². The Morgan fingerprint density at radius 3 is 2.74 bits per heavy atom. The number of hydrogen-bond donors (Lipinski definition) is 3. The number of anilines is 1. The van der Waals surface area contributed by atoms with E-state index in [1.165, 1.54) is 0 Å². The Kier molecular flexibility index (Phi) is 3.69. The molecule has 6 nitrogen and oxygen atoms in total. The van der Waals surface area contributed by atoms with Crippen LogP contribution in [0, 0.1) is 12.8 Å². The number of carbonyl (C=O) groups is 2. The molecule has 4 N–H and O–H groups in total. The fourth-order valence-electron chi connectivity index (χ4n) is 2.10. The van der Waals surface area contributed by atoms with Gasteiger partial charge < -0.3 is 16.2 Å². The van der Waals surface area contributed by atoms with E-state index in [9.17, 15) is 9.59 Å². The first-order valence-electron chi connectivity index (χ1n) is 6.22. The maximum Gasteiger partial charge on any atom is 0.305 e. The molecule has 2 rings (SSSR count). The standard InChI is InChI=1S/C13H17N3O3/c1-7-4-9(13(14)19)5-11(15-7)16-10(6-12(17)18)8-2-3-8/h4-5,8,10H,2-3,6H2,1H3,(H2,14,19)(H,15,16)(H,17,18). The van der Waals surface area contributed by atoms with Crippen molar-refractivity contribution in [2.75, 3.05) is 5.32 Å². The van der Waals surface area contributed by atoms with Crippen LogP contribution in [0.3, 0.4) is 0 Å². The van der Waals surface area contributed by atoms with Gasteiger partial charge in [0.15, 0.2) is 0 Å². The van der Waals surface area contributed by atoms with Crippen molar-refractivity contribution in [3.05, 3.63) is 23.4 Å². The predicted octanol–water partition coefficient (Wildman–Crippen LogP) is 1.15. The Morgan fingerprint density at radius 2 is 2.21 bits per heavy atom. The molecular weight excluding hydrogens is 246 g/mol. The van der Waals surface area contributed by atoms with Crippen LogP contribution >= 0.6 is 0 Å². The zero-order valence-electron chi connectivity index (χ0n) is 10.7. The second kappa shape index (κ2) is 5.26. The summed E-state index contributed by atoms with van der Waals surface area (Å²) in [5.41, 5.74) is 6.29. The number of aromatic nitrogens is 1. The van der Waals surface area contributed by atoms with Gasteiger partial charge in [0.05, 0.1) is 6.42 Å². The van der Waals surface area contributed by atoms with Crippen LogP contribution in [-0.4, -0.2) is 28.0 Å². The summed E-state index contributed by atoms with van der Waals surface area (Å²) >= 11 is 0. The number of carbonyl (C=O) groups excluding carboxylic acids is 1. The lowest BCUT2D eigenvalue weighted by Crippen LogP contribution is -2.26. The van der Waals surface area contributed by atoms with Gasteiger partial charge in [-0.15, -0.1) is 0 Å². The molecule has 0 radical (unpaired) electrons. The van der Waals surface area contributed by atoms with Gasteiger partial charge in [-0.25, -0.2) is 4.98 Å². The van der Waals surface area contributed by atoms with Gasteiger partial charge in [0.2, 0.25) is 5.91 Å². The Morgan fingerprint density at radius 1 is 1.53 bits per heavy atom. The van der Waals surface area contributed by atoms with Crippen LogP contribution in [0.5, 0.6) is 0 Å². The third-order valence-corrected chi connectivity index (χ3v) is 3.16. The third kappa shape index (κ3) is 3.67. The summed E-state index contributed by atoms with van der Waals surface area (Å²) in [4.78, 5) is 26.3. The van der Waals surface area contributed by atoms with Gasteiger partial charge in [0.25, 0.3) is 0 Å². The molecule has 0 aliphatic heterocycles. The molecule has 6 heteroatoms. The molecule has 0 saturated heterocycles. The zero-order chi connectivity index (χ0) is 14.0. The minimum absolute atomic E-state index is 0.0478. The van der Waals surface area contributed by atoms with Gasteiger partial charge in [0.1, 0.15) is 5.82 Å². The fraction of sp³-hybridized carbons (Fsp3) is 0.462. The molecule has 0 spiro atoms. The van der Waals surface area contributed by atoms with E-state index < -0.39 is 11.9 Å². The van der Waals surface area contributed by atoms with Crippen LogP contribution in [-0.2, 0) is 4.79 Å². The van der Waals surface area contributed by atoms with Crippen LogP contribution in [0.1, 0.15) is 35.3 Å². The Labute approximate surface area is 111 Å². The van der Waals surface area contributed by atoms with Crippen LogP contribution in [0.15, 0.2) is 12.1 Å². The highest BCUT2D eigenvalue weighted by atomic mass is 16.4. The quantitative estimate of drug-likeness (QED) is 0.714. The topological polar surface area (TPSA) is 105 Å². The van der Waals surface area contributed by atoms with E-state index >= 15 is 0 Å². The van der Waals surface area contributed by atoms with Crippen molar-refractivity contribution in [1.82, 2.24) is 4.98 Å². The number of nitrogens with two attached hydrogens (primary N) is 1. The zero-order valence-corrected chi connectivity index (χ0v) is 10.7. The first-order chi connectivity index (χ1) is 8.95. The van der Waals surface area contributed by atoms with Crippen LogP contribution < -0.4 is 11.1 Å². The number of nitrogens with one attached hydrogen (secondary N) is 1. The van der Waals surface area contributed by atoms with E-state index in [0.29, 0.717) is 23.0 Å². The van der Waals surface area contributed by atoms with Gasteiger partial charge in [-0.05, 0) is 37.8 Å². The van der Waals surface area contributed by atoms with Crippen molar-refractivity contribution in [3.63, 3.8) is 0 Å². The molecule has 1 aromatic rings. The molecule has 102 valence electrons. The number of pyridine rings is 1. The molecule has 1 fully saturated rings. The van der Waals surface area contributed by atoms with E-state index in [1.807, 2.05) is 0 Å². The number of primary amides is 1. The largest absolute Gasteiger partial charge is 0.481 e. The SMILES string of the molecule is Cc1cc(C(N)=O)cc(NC(CC(=O)O)C2CC2)n1. The number of aliphatic carboxylic acids is 1. The molecule has 0 aromatic carbocycles. The summed E-state index contributed by atoms with van der Waals surface area (Å²) in [6.07, 6.45) is 2.10. The van der Waals surface area contributed by atoms with Crippen LogP contribution in [0.4, 0.5) is 5.82 Å². The molecule has 1 heterocycles. The number of amides is 1. The average Bonchev–Trinajstić information content (AvgIpc) is 3.10. The molecular formula is C13H17N3O3. The van der Waals surface area contributed by atoms with Gasteiger partial charge in [-0.2, -0.15) is 0 Å². The summed E-state index contributed by atoms with van der Waals surface area (Å²) in [6, 6.07) is 3.02. The Balaban J connectivity index is 2.16. The van der Waals surface area contributed by atoms with Crippen molar-refractivity contribution < 1.29 is 14.7 Å². The maximum absolute atomic E-state index is 11.2. The van der Waals surface area contributed by atoms with E-state index in [-0.39, 0.29) is 12.5 Å². The highest BCUT2D eigenvalue weighted by molar-refractivity contribution is 5.93. The molecule has 19 heavy (non-hydrogen) atoms. The van der Waals surface area contributed by atoms with Gasteiger partial charge in [-0.1, -0.05) is 0 Å². The highest BCUT2D eigenvalue weighted by Crippen LogP contribution is 2.35. The van der Waals surface area contributed by atoms with Crippen LogP contribution in [0.25, 0.3) is 0 Å². The lowest BCUT2D eigenvalue weighted by atomic mass is 10.1. The fourth-order valence-corrected chi connectivity index (χ4v) is 2.10. The van der Waals surface area contributed by atoms with E-state index in [1.54, 1.807) is 19.1 Å². The molecule has 1 atom stereocenters. The van der Waals surface area contributed by atoms with E-state index in [2.05, 4.69) is 10.3 Å². The number of nitrogens with zero attached hydrogens (tertiary/aromatic N) is 1. The minimum atomic E-state index is -0.841. The predicted molar refractivity (Wildman–Crippen MR) is 69.9 cm³/mol. The molecule has 1 unspecified atom stereocenters. The molecule has 0 bridgehead atoms. The average molecular weight is 263 g/mol. The van der Waals surface area contributed by atoms with Crippen molar-refractivity contribution in [3.8, 4) is 0 Å². The molecule has 1 aromatic heterocycles. The molecule has 1 aliphatic rings. The minimum Gasteiger partial charge on any atom is -0.481 e. The van der Waals surface area contributed by atoms with Crippen molar-refractivity contribution in [1.29, 1.82) is 0 Å². The lowest BCUT2D eigenvalue weighted by Gasteiger charge is -2.17. The van der Waals surface area contributed by atoms with E-state index in [0.717, 1.165) is 12.8 Å². The summed E-state index contributed by atoms with van der Waals surface area (Å²) in [5, 5.41) is 12.0. The lowest BCUT2D eigenvalue weighted by molar-refractivity contribution is -0.137.